The van der Waals surface area contributed by atoms with Crippen LogP contribution in [0.25, 0.3) is 11.3 Å². The number of anilines is 1. The zero-order valence-corrected chi connectivity index (χ0v) is 15.7. The van der Waals surface area contributed by atoms with E-state index in [1.165, 1.54) is 11.8 Å². The van der Waals surface area contributed by atoms with Gasteiger partial charge in [-0.15, -0.1) is 0 Å². The first-order valence-corrected chi connectivity index (χ1v) is 9.70. The zero-order chi connectivity index (χ0) is 19.7. The maximum absolute atomic E-state index is 12.8. The van der Waals surface area contributed by atoms with Crippen LogP contribution in [-0.2, 0) is 4.79 Å². The zero-order valence-electron chi connectivity index (χ0n) is 14.9. The topological polar surface area (TPSA) is 108 Å². The molecule has 1 aliphatic heterocycles. The Labute approximate surface area is 164 Å². The van der Waals surface area contributed by atoms with Crippen molar-refractivity contribution >= 4 is 23.4 Å². The Morgan fingerprint density at radius 2 is 2.00 bits per heavy atom. The van der Waals surface area contributed by atoms with Gasteiger partial charge in [-0.1, -0.05) is 36.0 Å². The Morgan fingerprint density at radius 3 is 2.79 bits per heavy atom. The molecule has 0 amide bonds. The van der Waals surface area contributed by atoms with E-state index in [-0.39, 0.29) is 5.56 Å². The van der Waals surface area contributed by atoms with E-state index in [4.69, 9.17) is 9.84 Å². The van der Waals surface area contributed by atoms with Crippen LogP contribution in [0.2, 0.25) is 0 Å². The Kier molecular flexibility index (Phi) is 4.74. The molecule has 1 atom stereocenters. The number of ether oxygens (including phenoxy) is 1. The second kappa shape index (κ2) is 7.35. The summed E-state index contributed by atoms with van der Waals surface area (Å²) >= 11 is 1.33. The fourth-order valence-electron chi connectivity index (χ4n) is 3.17. The Bertz CT molecular complexity index is 1120. The molecular weight excluding hydrogens is 380 g/mol. The van der Waals surface area contributed by atoms with E-state index < -0.39 is 18.7 Å². The normalized spacial score (nSPS) is 14.5. The Morgan fingerprint density at radius 1 is 1.25 bits per heavy atom. The Hall–Kier alpha value is -3.33. The van der Waals surface area contributed by atoms with Crippen LogP contribution in [0.15, 0.2) is 58.5 Å². The summed E-state index contributed by atoms with van der Waals surface area (Å²) in [5.41, 5.74) is 2.37. The highest BCUT2D eigenvalue weighted by atomic mass is 32.2. The summed E-state index contributed by atoms with van der Waals surface area (Å²) in [6.07, 6.45) is 1.29. The third-order valence-electron chi connectivity index (χ3n) is 4.34. The fourth-order valence-corrected chi connectivity index (χ4v) is 3.53. The highest BCUT2D eigenvalue weighted by Crippen LogP contribution is 2.34. The quantitative estimate of drug-likeness (QED) is 0.446. The van der Waals surface area contributed by atoms with Crippen molar-refractivity contribution in [1.82, 2.24) is 10.1 Å². The van der Waals surface area contributed by atoms with Crippen LogP contribution in [0.1, 0.15) is 11.7 Å². The van der Waals surface area contributed by atoms with E-state index in [2.05, 4.69) is 15.4 Å². The smallest absolute Gasteiger partial charge is 0.341 e. The van der Waals surface area contributed by atoms with Crippen molar-refractivity contribution in [2.75, 3.05) is 18.2 Å². The number of hydrogen-bond acceptors (Lipinski definition) is 6. The third kappa shape index (κ3) is 3.20. The summed E-state index contributed by atoms with van der Waals surface area (Å²) in [4.78, 5) is 26.6. The first kappa shape index (κ1) is 18.1. The molecule has 2 aromatic carbocycles. The first-order chi connectivity index (χ1) is 13.6. The van der Waals surface area contributed by atoms with Crippen molar-refractivity contribution in [3.8, 4) is 17.0 Å². The van der Waals surface area contributed by atoms with Gasteiger partial charge in [-0.3, -0.25) is 9.78 Å². The molecule has 0 fully saturated rings. The molecule has 0 bridgehead atoms. The van der Waals surface area contributed by atoms with E-state index in [0.29, 0.717) is 22.2 Å². The fraction of sp³-hybridized carbons (Fsp3) is 0.158. The second-order valence-corrected chi connectivity index (χ2v) is 6.86. The van der Waals surface area contributed by atoms with Gasteiger partial charge >= 0.3 is 17.2 Å². The van der Waals surface area contributed by atoms with Crippen molar-refractivity contribution in [1.29, 1.82) is 0 Å². The van der Waals surface area contributed by atoms with Crippen LogP contribution < -0.4 is 20.3 Å². The van der Waals surface area contributed by atoms with Gasteiger partial charge in [-0.2, -0.15) is 0 Å². The van der Waals surface area contributed by atoms with E-state index >= 15 is 0 Å². The summed E-state index contributed by atoms with van der Waals surface area (Å²) in [5.74, 6) is -0.656. The average molecular weight is 397 g/mol. The molecule has 0 unspecified atom stereocenters. The van der Waals surface area contributed by atoms with E-state index in [0.717, 1.165) is 11.3 Å². The molecule has 142 valence electrons. The minimum Gasteiger partial charge on any atom is -0.481 e. The van der Waals surface area contributed by atoms with Gasteiger partial charge in [0.1, 0.15) is 5.75 Å². The van der Waals surface area contributed by atoms with E-state index in [1.807, 2.05) is 42.7 Å². The molecule has 3 aromatic rings. The van der Waals surface area contributed by atoms with Gasteiger partial charge in [-0.25, -0.2) is 4.79 Å². The minimum atomic E-state index is -1.07. The summed E-state index contributed by atoms with van der Waals surface area (Å²) in [5, 5.41) is 17.4. The number of carboxylic acids is 1. The van der Waals surface area contributed by atoms with Gasteiger partial charge in [0.25, 0.3) is 6.17 Å². The van der Waals surface area contributed by atoms with Crippen molar-refractivity contribution in [3.05, 3.63) is 64.4 Å². The molecule has 1 aliphatic rings. The number of carboxylic acid groups (broad SMARTS) is 1. The van der Waals surface area contributed by atoms with Crippen LogP contribution in [0, 0.1) is 0 Å². The highest BCUT2D eigenvalue weighted by Gasteiger charge is 2.38. The molecule has 0 radical (unpaired) electrons. The SMILES string of the molecule is CSc1n[n+]2c(c(=O)[nH]1)-c1ccccc1N[C@H]2c1ccccc1OCC(=O)O. The van der Waals surface area contributed by atoms with Crippen molar-refractivity contribution in [2.45, 2.75) is 11.3 Å². The average Bonchev–Trinajstić information content (AvgIpc) is 2.71. The minimum absolute atomic E-state index is 0.248. The molecule has 0 saturated carbocycles. The summed E-state index contributed by atoms with van der Waals surface area (Å²) < 4.78 is 7.09. The maximum atomic E-state index is 12.8. The maximum Gasteiger partial charge on any atom is 0.341 e. The highest BCUT2D eigenvalue weighted by molar-refractivity contribution is 7.98. The van der Waals surface area contributed by atoms with Crippen molar-refractivity contribution < 1.29 is 19.3 Å². The van der Waals surface area contributed by atoms with Crippen LogP contribution in [0.4, 0.5) is 5.69 Å². The van der Waals surface area contributed by atoms with Crippen LogP contribution >= 0.6 is 11.8 Å². The largest absolute Gasteiger partial charge is 0.481 e. The number of hydrogen-bond donors (Lipinski definition) is 3. The number of fused-ring (bicyclic) bond motifs is 3. The number of carbonyl (C=O) groups is 1. The standard InChI is InChI=1S/C19H16N4O4S/c1-28-19-21-18(26)16-11-6-2-4-8-13(11)20-17(23(16)22-19)12-7-3-5-9-14(12)27-10-15(24)25/h2-9,17H,10H2,1H3,(H2,21,22,24,25,26)/p+1/t17-/m1/s1. The van der Waals surface area contributed by atoms with Crippen molar-refractivity contribution in [3.63, 3.8) is 0 Å². The van der Waals surface area contributed by atoms with Crippen LogP contribution in [-0.4, -0.2) is 34.0 Å². The Balaban J connectivity index is 1.91. The molecule has 0 aliphatic carbocycles. The molecule has 4 rings (SSSR count). The summed E-state index contributed by atoms with van der Waals surface area (Å²) in [7, 11) is 0. The lowest BCUT2D eigenvalue weighted by Crippen LogP contribution is -2.55. The third-order valence-corrected chi connectivity index (χ3v) is 4.91. The number of nitrogens with zero attached hydrogens (tertiary/aromatic N) is 2. The molecule has 2 heterocycles. The molecule has 3 N–H and O–H groups in total. The number of thioether (sulfide) groups is 1. The van der Waals surface area contributed by atoms with Crippen LogP contribution in [0.3, 0.4) is 0 Å². The van der Waals surface area contributed by atoms with Gasteiger partial charge in [0.2, 0.25) is 5.16 Å². The van der Waals surface area contributed by atoms with Gasteiger partial charge in [-0.05, 0) is 35.2 Å². The lowest BCUT2D eigenvalue weighted by molar-refractivity contribution is -0.759. The van der Waals surface area contributed by atoms with Gasteiger partial charge < -0.3 is 15.2 Å². The first-order valence-electron chi connectivity index (χ1n) is 8.48. The summed E-state index contributed by atoms with van der Waals surface area (Å²) in [6.45, 7) is -0.462. The molecule has 0 spiro atoms. The predicted octanol–water partition coefficient (Wildman–Crippen LogP) is 1.88. The number of para-hydroxylation sites is 2. The van der Waals surface area contributed by atoms with Crippen molar-refractivity contribution in [2.24, 2.45) is 0 Å². The number of aromatic nitrogens is 3. The predicted molar refractivity (Wildman–Crippen MR) is 104 cm³/mol. The second-order valence-electron chi connectivity index (χ2n) is 6.07. The lowest BCUT2D eigenvalue weighted by atomic mass is 10.0. The molecular formula is C19H17N4O4S+. The van der Waals surface area contributed by atoms with Gasteiger partial charge in [0, 0.05) is 5.10 Å². The van der Waals surface area contributed by atoms with E-state index in [1.54, 1.807) is 16.8 Å². The van der Waals surface area contributed by atoms with Gasteiger partial charge in [0.05, 0.1) is 16.8 Å². The number of rotatable bonds is 5. The van der Waals surface area contributed by atoms with E-state index in [9.17, 15) is 9.59 Å². The molecule has 9 heteroatoms. The molecule has 28 heavy (non-hydrogen) atoms. The number of aliphatic carboxylic acids is 1. The molecule has 8 nitrogen and oxygen atoms in total. The number of aromatic amines is 1. The summed E-state index contributed by atoms with van der Waals surface area (Å²) in [6, 6.07) is 14.6. The number of benzene rings is 2. The molecule has 1 aromatic heterocycles. The monoisotopic (exact) mass is 397 g/mol. The molecule has 0 saturated heterocycles. The van der Waals surface area contributed by atoms with Gasteiger partial charge in [0.15, 0.2) is 6.61 Å². The number of H-pyrrole nitrogens is 1. The number of nitrogens with one attached hydrogen (secondary N) is 2. The van der Waals surface area contributed by atoms with Crippen LogP contribution in [0.5, 0.6) is 5.75 Å². The lowest BCUT2D eigenvalue weighted by Gasteiger charge is -2.23.